The first kappa shape index (κ1) is 15.8. The number of piperidine rings is 1. The summed E-state index contributed by atoms with van der Waals surface area (Å²) in [6.45, 7) is 3.25. The van der Waals surface area contributed by atoms with E-state index >= 15 is 0 Å². The molecule has 1 N–H and O–H groups in total. The summed E-state index contributed by atoms with van der Waals surface area (Å²) in [5.74, 6) is 2.54. The molecule has 2 aromatic heterocycles. The lowest BCUT2D eigenvalue weighted by molar-refractivity contribution is 0.211. The van der Waals surface area contributed by atoms with Gasteiger partial charge in [0.25, 0.3) is 0 Å². The molecular formula is C20H24N6. The molecule has 6 nitrogen and oxygen atoms in total. The van der Waals surface area contributed by atoms with Gasteiger partial charge in [-0.1, -0.05) is 30.3 Å². The molecule has 1 saturated carbocycles. The van der Waals surface area contributed by atoms with Gasteiger partial charge in [0.2, 0.25) is 5.65 Å². The van der Waals surface area contributed by atoms with Gasteiger partial charge in [0.05, 0.1) is 0 Å². The van der Waals surface area contributed by atoms with Gasteiger partial charge in [-0.2, -0.15) is 0 Å². The van der Waals surface area contributed by atoms with E-state index in [0.717, 1.165) is 49.8 Å². The highest BCUT2D eigenvalue weighted by molar-refractivity contribution is 5.62. The fraction of sp³-hybridized carbons (Fsp3) is 0.450. The number of fused-ring (bicyclic) bond motifs is 1. The molecule has 0 unspecified atom stereocenters. The fourth-order valence-electron chi connectivity index (χ4n) is 3.84. The predicted molar refractivity (Wildman–Crippen MR) is 101 cm³/mol. The molecule has 2 aliphatic rings. The number of nitrogens with one attached hydrogen (secondary N) is 1. The first-order valence-electron chi connectivity index (χ1n) is 9.59. The van der Waals surface area contributed by atoms with Crippen molar-refractivity contribution >= 4 is 11.5 Å². The highest BCUT2D eigenvalue weighted by Crippen LogP contribution is 2.39. The predicted octanol–water partition coefficient (Wildman–Crippen LogP) is 3.08. The van der Waals surface area contributed by atoms with E-state index in [-0.39, 0.29) is 0 Å². The Hall–Kier alpha value is -2.47. The van der Waals surface area contributed by atoms with E-state index < -0.39 is 0 Å². The van der Waals surface area contributed by atoms with Crippen LogP contribution < -0.4 is 5.32 Å². The van der Waals surface area contributed by atoms with Crippen molar-refractivity contribution < 1.29 is 0 Å². The first-order valence-corrected chi connectivity index (χ1v) is 9.59. The summed E-state index contributed by atoms with van der Waals surface area (Å²) in [5, 5.41) is 12.4. The van der Waals surface area contributed by atoms with Crippen molar-refractivity contribution in [2.24, 2.45) is 0 Å². The quantitative estimate of drug-likeness (QED) is 0.768. The van der Waals surface area contributed by atoms with Gasteiger partial charge < -0.3 is 5.32 Å². The zero-order valence-electron chi connectivity index (χ0n) is 14.9. The van der Waals surface area contributed by atoms with Crippen molar-refractivity contribution in [2.75, 3.05) is 18.4 Å². The number of aromatic nitrogens is 4. The van der Waals surface area contributed by atoms with E-state index in [4.69, 9.17) is 0 Å². The number of likely N-dealkylation sites (tertiary alicyclic amines) is 1. The third kappa shape index (κ3) is 3.17. The molecule has 26 heavy (non-hydrogen) atoms. The van der Waals surface area contributed by atoms with Crippen LogP contribution in [-0.2, 0) is 6.54 Å². The molecule has 3 aromatic rings. The molecular weight excluding hydrogens is 324 g/mol. The molecule has 0 radical (unpaired) electrons. The van der Waals surface area contributed by atoms with Crippen LogP contribution >= 0.6 is 0 Å². The maximum atomic E-state index is 4.53. The Labute approximate surface area is 153 Å². The number of benzene rings is 1. The Morgan fingerprint density at radius 3 is 2.58 bits per heavy atom. The van der Waals surface area contributed by atoms with Crippen molar-refractivity contribution in [2.45, 2.75) is 44.2 Å². The summed E-state index contributed by atoms with van der Waals surface area (Å²) >= 11 is 0. The van der Waals surface area contributed by atoms with Gasteiger partial charge in [-0.25, -0.2) is 4.98 Å². The van der Waals surface area contributed by atoms with E-state index in [1.165, 1.54) is 18.4 Å². The number of nitrogens with zero attached hydrogens (tertiary/aromatic N) is 5. The Bertz CT molecular complexity index is 878. The topological polar surface area (TPSA) is 58.4 Å². The van der Waals surface area contributed by atoms with Gasteiger partial charge in [0, 0.05) is 44.0 Å². The molecule has 1 aromatic carbocycles. The van der Waals surface area contributed by atoms with Crippen molar-refractivity contribution in [3.63, 3.8) is 0 Å². The summed E-state index contributed by atoms with van der Waals surface area (Å²) in [7, 11) is 0. The van der Waals surface area contributed by atoms with Crippen molar-refractivity contribution in [1.29, 1.82) is 0 Å². The zero-order valence-corrected chi connectivity index (χ0v) is 14.9. The Morgan fingerprint density at radius 1 is 1.00 bits per heavy atom. The van der Waals surface area contributed by atoms with E-state index in [1.54, 1.807) is 0 Å². The molecule has 1 saturated heterocycles. The highest BCUT2D eigenvalue weighted by Gasteiger charge is 2.29. The Morgan fingerprint density at radius 2 is 1.81 bits per heavy atom. The number of hydrogen-bond acceptors (Lipinski definition) is 5. The van der Waals surface area contributed by atoms with Crippen LogP contribution in [0, 0.1) is 0 Å². The van der Waals surface area contributed by atoms with Gasteiger partial charge in [-0.15, -0.1) is 10.2 Å². The molecule has 1 aliphatic carbocycles. The van der Waals surface area contributed by atoms with E-state index in [1.807, 2.05) is 12.4 Å². The van der Waals surface area contributed by atoms with Crippen LogP contribution in [0.1, 0.15) is 43.0 Å². The smallest absolute Gasteiger partial charge is 0.203 e. The lowest BCUT2D eigenvalue weighted by atomic mass is 10.0. The summed E-state index contributed by atoms with van der Waals surface area (Å²) in [6, 6.07) is 11.2. The van der Waals surface area contributed by atoms with Gasteiger partial charge in [0.15, 0.2) is 5.82 Å². The van der Waals surface area contributed by atoms with Gasteiger partial charge in [-0.05, 0) is 31.2 Å². The number of anilines is 1. The van der Waals surface area contributed by atoms with Crippen LogP contribution in [0.3, 0.4) is 0 Å². The van der Waals surface area contributed by atoms with E-state index in [0.29, 0.717) is 12.0 Å². The van der Waals surface area contributed by atoms with Crippen LogP contribution in [0.25, 0.3) is 5.65 Å². The van der Waals surface area contributed by atoms with Gasteiger partial charge in [0.1, 0.15) is 5.82 Å². The summed E-state index contributed by atoms with van der Waals surface area (Å²) in [6.07, 6.45) is 8.54. The molecule has 3 heterocycles. The van der Waals surface area contributed by atoms with Gasteiger partial charge in [-0.3, -0.25) is 9.30 Å². The van der Waals surface area contributed by atoms with Crippen molar-refractivity contribution in [1.82, 2.24) is 24.5 Å². The third-order valence-corrected chi connectivity index (χ3v) is 5.47. The SMILES string of the molecule is c1ccc(CN2CCC(Nc3nccn4c(C5CC5)nnc34)CC2)cc1. The minimum Gasteiger partial charge on any atom is -0.364 e. The average Bonchev–Trinajstić information content (AvgIpc) is 3.43. The Balaban J connectivity index is 1.23. The third-order valence-electron chi connectivity index (χ3n) is 5.47. The average molecular weight is 348 g/mol. The zero-order chi connectivity index (χ0) is 17.3. The summed E-state index contributed by atoms with van der Waals surface area (Å²) < 4.78 is 2.11. The molecule has 0 bridgehead atoms. The minimum absolute atomic E-state index is 0.446. The molecule has 1 aliphatic heterocycles. The molecule has 2 fully saturated rings. The maximum Gasteiger partial charge on any atom is 0.203 e. The highest BCUT2D eigenvalue weighted by atomic mass is 15.3. The van der Waals surface area contributed by atoms with E-state index in [9.17, 15) is 0 Å². The molecule has 5 rings (SSSR count). The standard InChI is InChI=1S/C20H24N6/c1-2-4-15(5-3-1)14-25-11-8-17(9-12-25)22-18-20-24-23-19(16-6-7-16)26(20)13-10-21-18/h1-5,10,13,16-17H,6-9,11-12,14H2,(H,21,22). The molecule has 0 atom stereocenters. The molecule has 0 amide bonds. The molecule has 6 heteroatoms. The van der Waals surface area contributed by atoms with Crippen molar-refractivity contribution in [3.8, 4) is 0 Å². The van der Waals surface area contributed by atoms with Crippen LogP contribution in [-0.4, -0.2) is 43.6 Å². The van der Waals surface area contributed by atoms with Gasteiger partial charge >= 0.3 is 0 Å². The molecule has 134 valence electrons. The second-order valence-electron chi connectivity index (χ2n) is 7.48. The lowest BCUT2D eigenvalue weighted by Gasteiger charge is -2.32. The first-order chi connectivity index (χ1) is 12.9. The second kappa shape index (κ2) is 6.68. The Kier molecular flexibility index (Phi) is 4.05. The maximum absolute atomic E-state index is 4.53. The summed E-state index contributed by atoms with van der Waals surface area (Å²) in [5.41, 5.74) is 2.25. The minimum atomic E-state index is 0.446. The number of hydrogen-bond donors (Lipinski definition) is 1. The second-order valence-corrected chi connectivity index (χ2v) is 7.48. The van der Waals surface area contributed by atoms with Crippen LogP contribution in [0.15, 0.2) is 42.7 Å². The van der Waals surface area contributed by atoms with Crippen LogP contribution in [0.2, 0.25) is 0 Å². The number of rotatable bonds is 5. The van der Waals surface area contributed by atoms with Crippen LogP contribution in [0.4, 0.5) is 5.82 Å². The lowest BCUT2D eigenvalue weighted by Crippen LogP contribution is -2.38. The molecule has 0 spiro atoms. The van der Waals surface area contributed by atoms with Crippen LogP contribution in [0.5, 0.6) is 0 Å². The fourth-order valence-corrected chi connectivity index (χ4v) is 3.84. The normalized spacial score (nSPS) is 19.1. The largest absolute Gasteiger partial charge is 0.364 e. The monoisotopic (exact) mass is 348 g/mol. The van der Waals surface area contributed by atoms with E-state index in [2.05, 4.69) is 60.1 Å². The van der Waals surface area contributed by atoms with Crippen molar-refractivity contribution in [3.05, 3.63) is 54.1 Å². The summed E-state index contributed by atoms with van der Waals surface area (Å²) in [4.78, 5) is 7.06.